The summed E-state index contributed by atoms with van der Waals surface area (Å²) in [6, 6.07) is 7.20. The summed E-state index contributed by atoms with van der Waals surface area (Å²) in [6.45, 7) is 1.50. The van der Waals surface area contributed by atoms with Crippen LogP contribution in [-0.2, 0) is 4.57 Å². The molecule has 10 heteroatoms. The molecule has 136 valence electrons. The molecule has 1 aromatic heterocycles. The van der Waals surface area contributed by atoms with Crippen LogP contribution in [0.4, 0.5) is 0 Å². The molecule has 1 heterocycles. The average molecular weight is 504 g/mol. The minimum absolute atomic E-state index is 0.00753. The molecule has 0 unspecified atom stereocenters. The lowest BCUT2D eigenvalue weighted by molar-refractivity contribution is -0.333. The molecule has 0 radical (unpaired) electrons. The molecule has 0 amide bonds. The first-order valence-electron chi connectivity index (χ1n) is 7.05. The van der Waals surface area contributed by atoms with E-state index in [1.54, 1.807) is 12.1 Å². The fraction of sp³-hybridized carbons (Fsp3) is 0.0625. The second-order valence-electron chi connectivity index (χ2n) is 5.34. The number of rotatable bonds is 3. The molecular formula is C16H9Br2O7P-2. The fourth-order valence-corrected chi connectivity index (χ4v) is 4.05. The molecule has 0 atom stereocenters. The van der Waals surface area contributed by atoms with Gasteiger partial charge in [0.05, 0.1) is 8.95 Å². The van der Waals surface area contributed by atoms with Gasteiger partial charge in [-0.05, 0) is 63.0 Å². The van der Waals surface area contributed by atoms with Gasteiger partial charge in [-0.2, -0.15) is 0 Å². The number of aromatic hydroxyl groups is 1. The van der Waals surface area contributed by atoms with E-state index in [4.69, 9.17) is 4.42 Å². The van der Waals surface area contributed by atoms with Crippen LogP contribution in [0.2, 0.25) is 0 Å². The lowest BCUT2D eigenvalue weighted by Crippen LogP contribution is -2.19. The topological polar surface area (TPSA) is 123 Å². The number of phenols is 1. The van der Waals surface area contributed by atoms with Gasteiger partial charge >= 0.3 is 0 Å². The highest BCUT2D eigenvalue weighted by molar-refractivity contribution is 9.11. The molecule has 0 bridgehead atoms. The molecule has 0 saturated heterocycles. The summed E-state index contributed by atoms with van der Waals surface area (Å²) in [5.74, 6) is -0.160. The van der Waals surface area contributed by atoms with E-state index >= 15 is 0 Å². The van der Waals surface area contributed by atoms with E-state index in [9.17, 15) is 24.3 Å². The van der Waals surface area contributed by atoms with Crippen molar-refractivity contribution in [3.8, 4) is 22.8 Å². The van der Waals surface area contributed by atoms with Gasteiger partial charge in [-0.3, -0.25) is 4.79 Å². The molecule has 3 rings (SSSR count). The maximum absolute atomic E-state index is 12.8. The van der Waals surface area contributed by atoms with Crippen molar-refractivity contribution in [3.05, 3.63) is 55.1 Å². The van der Waals surface area contributed by atoms with Gasteiger partial charge in [-0.25, -0.2) is 0 Å². The van der Waals surface area contributed by atoms with E-state index in [2.05, 4.69) is 36.4 Å². The highest BCUT2D eigenvalue weighted by Crippen LogP contribution is 2.39. The Morgan fingerprint density at radius 2 is 1.81 bits per heavy atom. The summed E-state index contributed by atoms with van der Waals surface area (Å²) < 4.78 is 21.9. The second-order valence-corrected chi connectivity index (χ2v) is 8.13. The number of hydrogen-bond donors (Lipinski definition) is 1. The third kappa shape index (κ3) is 3.58. The highest BCUT2D eigenvalue weighted by atomic mass is 79.9. The number of benzene rings is 2. The van der Waals surface area contributed by atoms with Crippen LogP contribution in [0.15, 0.2) is 48.5 Å². The van der Waals surface area contributed by atoms with Gasteiger partial charge < -0.3 is 28.4 Å². The first-order chi connectivity index (χ1) is 12.1. The van der Waals surface area contributed by atoms with Crippen molar-refractivity contribution >= 4 is 50.7 Å². The summed E-state index contributed by atoms with van der Waals surface area (Å²) in [5, 5.41) is 9.69. The number of hydrogen-bond acceptors (Lipinski definition) is 7. The maximum atomic E-state index is 12.8. The Kier molecular flexibility index (Phi) is 5.02. The third-order valence-electron chi connectivity index (χ3n) is 3.60. The van der Waals surface area contributed by atoms with Crippen LogP contribution in [0, 0.1) is 6.92 Å². The van der Waals surface area contributed by atoms with Crippen LogP contribution < -0.4 is 19.7 Å². The molecular weight excluding hydrogens is 495 g/mol. The number of phosphoric acid groups is 1. The van der Waals surface area contributed by atoms with Crippen molar-refractivity contribution in [3.63, 3.8) is 0 Å². The predicted molar refractivity (Wildman–Crippen MR) is 98.0 cm³/mol. The van der Waals surface area contributed by atoms with Gasteiger partial charge in [0.25, 0.3) is 0 Å². The lowest BCUT2D eigenvalue weighted by atomic mass is 10.1. The van der Waals surface area contributed by atoms with Crippen LogP contribution in [0.1, 0.15) is 5.56 Å². The molecule has 3 aromatic rings. The third-order valence-corrected chi connectivity index (χ3v) is 5.23. The number of fused-ring (bicyclic) bond motifs is 1. The van der Waals surface area contributed by atoms with Crippen molar-refractivity contribution in [1.82, 2.24) is 0 Å². The molecule has 2 aromatic carbocycles. The fourth-order valence-electron chi connectivity index (χ4n) is 2.47. The summed E-state index contributed by atoms with van der Waals surface area (Å²) in [7, 11) is -5.34. The quantitative estimate of drug-likeness (QED) is 0.544. The zero-order valence-electron chi connectivity index (χ0n) is 13.0. The largest absolute Gasteiger partial charge is 0.780 e. The summed E-state index contributed by atoms with van der Waals surface area (Å²) in [5.41, 5.74) is 0.208. The summed E-state index contributed by atoms with van der Waals surface area (Å²) in [6.07, 6.45) is 0. The highest BCUT2D eigenvalue weighted by Gasteiger charge is 2.18. The Labute approximate surface area is 163 Å². The Morgan fingerprint density at radius 1 is 1.19 bits per heavy atom. The lowest BCUT2D eigenvalue weighted by Gasteiger charge is -2.29. The predicted octanol–water partition coefficient (Wildman–Crippen LogP) is 3.21. The molecule has 1 N–H and O–H groups in total. The normalized spacial score (nSPS) is 11.7. The van der Waals surface area contributed by atoms with E-state index in [0.717, 1.165) is 0 Å². The average Bonchev–Trinajstić information content (AvgIpc) is 2.54. The molecule has 7 nitrogen and oxygen atoms in total. The van der Waals surface area contributed by atoms with E-state index in [1.807, 2.05) is 0 Å². The minimum Gasteiger partial charge on any atom is -0.780 e. The minimum atomic E-state index is -5.34. The van der Waals surface area contributed by atoms with Crippen LogP contribution in [0.25, 0.3) is 22.3 Å². The number of phosphoric ester groups is 1. The smallest absolute Gasteiger partial charge is 0.199 e. The molecule has 0 saturated carbocycles. The molecule has 0 aliphatic rings. The van der Waals surface area contributed by atoms with Crippen LogP contribution in [0.5, 0.6) is 11.5 Å². The zero-order chi connectivity index (χ0) is 19.2. The monoisotopic (exact) mass is 502 g/mol. The molecule has 26 heavy (non-hydrogen) atoms. The van der Waals surface area contributed by atoms with E-state index in [1.165, 1.54) is 25.1 Å². The van der Waals surface area contributed by atoms with Gasteiger partial charge in [0.15, 0.2) is 5.43 Å². The van der Waals surface area contributed by atoms with Crippen molar-refractivity contribution in [1.29, 1.82) is 0 Å². The van der Waals surface area contributed by atoms with Gasteiger partial charge in [0.1, 0.15) is 36.1 Å². The Balaban J connectivity index is 2.30. The first kappa shape index (κ1) is 19.1. The zero-order valence-corrected chi connectivity index (χ0v) is 17.1. The summed E-state index contributed by atoms with van der Waals surface area (Å²) >= 11 is 6.42. The van der Waals surface area contributed by atoms with Crippen molar-refractivity contribution in [2.45, 2.75) is 6.92 Å². The molecule has 0 aliphatic carbocycles. The van der Waals surface area contributed by atoms with E-state index < -0.39 is 13.3 Å². The SMILES string of the molecule is Cc1c(-c2cc(Br)c(O)c(Br)c2)oc2cccc(OP(=O)([O-])[O-])c2c1=O. The second kappa shape index (κ2) is 6.83. The van der Waals surface area contributed by atoms with Gasteiger partial charge in [0.2, 0.25) is 0 Å². The molecule has 0 aliphatic heterocycles. The van der Waals surface area contributed by atoms with Gasteiger partial charge in [-0.15, -0.1) is 0 Å². The molecule has 0 spiro atoms. The molecule has 0 fully saturated rings. The number of halogens is 2. The summed E-state index contributed by atoms with van der Waals surface area (Å²) in [4.78, 5) is 34.6. The van der Waals surface area contributed by atoms with Gasteiger partial charge in [0, 0.05) is 11.1 Å². The Hall–Kier alpha value is -1.64. The van der Waals surface area contributed by atoms with Crippen molar-refractivity contribution < 1.29 is 28.4 Å². The van der Waals surface area contributed by atoms with Crippen LogP contribution in [-0.4, -0.2) is 5.11 Å². The van der Waals surface area contributed by atoms with Crippen LogP contribution >= 0.6 is 39.7 Å². The van der Waals surface area contributed by atoms with Gasteiger partial charge in [-0.1, -0.05) is 6.07 Å². The van der Waals surface area contributed by atoms with Crippen LogP contribution in [0.3, 0.4) is 0 Å². The Bertz CT molecular complexity index is 1110. The van der Waals surface area contributed by atoms with E-state index in [-0.39, 0.29) is 33.8 Å². The Morgan fingerprint density at radius 3 is 2.38 bits per heavy atom. The van der Waals surface area contributed by atoms with Crippen molar-refractivity contribution in [2.75, 3.05) is 0 Å². The maximum Gasteiger partial charge on any atom is 0.199 e. The number of phenolic OH excluding ortho intramolecular Hbond substituents is 1. The van der Waals surface area contributed by atoms with E-state index in [0.29, 0.717) is 14.5 Å². The standard InChI is InChI=1S/C16H11Br2O7P/c1-7-14(19)13-11(3-2-4-12(13)25-26(21,22)23)24-16(7)8-5-9(17)15(20)10(18)6-8/h2-6,20H,1H3,(H2,21,22,23)/p-2. The van der Waals surface area contributed by atoms with Crippen molar-refractivity contribution in [2.24, 2.45) is 0 Å². The first-order valence-corrected chi connectivity index (χ1v) is 10.1.